The Morgan fingerprint density at radius 1 is 1.00 bits per heavy atom. The molecule has 1 aromatic rings. The van der Waals surface area contributed by atoms with Crippen LogP contribution in [0, 0.1) is 11.8 Å². The van der Waals surface area contributed by atoms with Gasteiger partial charge < -0.3 is 25.2 Å². The van der Waals surface area contributed by atoms with Crippen molar-refractivity contribution in [2.75, 3.05) is 20.3 Å². The highest BCUT2D eigenvalue weighted by atomic mass is 16.5. The number of carbonyl (C=O) groups excluding carboxylic acids is 4. The molecule has 0 aromatic heterocycles. The van der Waals surface area contributed by atoms with E-state index in [0.717, 1.165) is 12.7 Å². The van der Waals surface area contributed by atoms with Crippen LogP contribution in [0.15, 0.2) is 55.6 Å². The standard InChI is InChI=1S/C25H34N2O7/c1-5-10-19(14-18-12-8-7-9-13-18)24(31)34-16-21(25(32)33-4)27-23(30)20(11-6-2)22(29)26-17(3)15-28/h5-9,12-13,17,19-21,28H,1-2,10-11,14-16H2,3-4H3,(H,26,29)(H,27,30)/t17-,19+,20?,21+/m0/s1. The van der Waals surface area contributed by atoms with Crippen molar-refractivity contribution in [1.29, 1.82) is 0 Å². The van der Waals surface area contributed by atoms with Crippen LogP contribution >= 0.6 is 0 Å². The summed E-state index contributed by atoms with van der Waals surface area (Å²) in [6.07, 6.45) is 3.80. The molecular formula is C25H34N2O7. The van der Waals surface area contributed by atoms with Gasteiger partial charge in [-0.15, -0.1) is 13.2 Å². The number of carbonyl (C=O) groups is 4. The number of esters is 2. The van der Waals surface area contributed by atoms with Crippen molar-refractivity contribution in [2.24, 2.45) is 11.8 Å². The first-order valence-corrected chi connectivity index (χ1v) is 11.0. The molecule has 4 atom stereocenters. The van der Waals surface area contributed by atoms with Crippen LogP contribution in [0.1, 0.15) is 25.3 Å². The number of allylic oxidation sites excluding steroid dienone is 2. The Balaban J connectivity index is 2.87. The topological polar surface area (TPSA) is 131 Å². The summed E-state index contributed by atoms with van der Waals surface area (Å²) in [5.74, 6) is -4.49. The summed E-state index contributed by atoms with van der Waals surface area (Å²) in [4.78, 5) is 50.1. The number of rotatable bonds is 15. The first-order valence-electron chi connectivity index (χ1n) is 11.0. The van der Waals surface area contributed by atoms with E-state index in [1.165, 1.54) is 6.08 Å². The van der Waals surface area contributed by atoms with Crippen molar-refractivity contribution >= 4 is 23.8 Å². The van der Waals surface area contributed by atoms with Gasteiger partial charge in [-0.3, -0.25) is 14.4 Å². The van der Waals surface area contributed by atoms with Gasteiger partial charge in [-0.1, -0.05) is 42.5 Å². The first-order chi connectivity index (χ1) is 16.3. The number of hydrogen-bond donors (Lipinski definition) is 3. The fraction of sp³-hybridized carbons (Fsp3) is 0.440. The van der Waals surface area contributed by atoms with Crippen LogP contribution in [0.25, 0.3) is 0 Å². The second-order valence-electron chi connectivity index (χ2n) is 7.79. The van der Waals surface area contributed by atoms with Crippen LogP contribution in [0.5, 0.6) is 0 Å². The Morgan fingerprint density at radius 2 is 1.62 bits per heavy atom. The number of amides is 2. The van der Waals surface area contributed by atoms with E-state index in [-0.39, 0.29) is 13.0 Å². The van der Waals surface area contributed by atoms with Crippen molar-refractivity contribution in [3.8, 4) is 0 Å². The maximum absolute atomic E-state index is 12.8. The predicted molar refractivity (Wildman–Crippen MR) is 126 cm³/mol. The van der Waals surface area contributed by atoms with Gasteiger partial charge in [0.05, 0.1) is 19.6 Å². The average Bonchev–Trinajstić information content (AvgIpc) is 2.84. The van der Waals surface area contributed by atoms with E-state index in [1.807, 2.05) is 30.3 Å². The molecule has 1 unspecified atom stereocenters. The Hall–Kier alpha value is -3.46. The van der Waals surface area contributed by atoms with Gasteiger partial charge in [0.2, 0.25) is 11.8 Å². The lowest BCUT2D eigenvalue weighted by Gasteiger charge is -2.22. The summed E-state index contributed by atoms with van der Waals surface area (Å²) in [6, 6.07) is 7.52. The minimum absolute atomic E-state index is 0.00196. The zero-order valence-electron chi connectivity index (χ0n) is 19.7. The molecule has 0 fully saturated rings. The van der Waals surface area contributed by atoms with Gasteiger partial charge in [0, 0.05) is 6.04 Å². The normalized spacial score (nSPS) is 14.0. The van der Waals surface area contributed by atoms with E-state index >= 15 is 0 Å². The zero-order valence-corrected chi connectivity index (χ0v) is 19.7. The largest absolute Gasteiger partial charge is 0.467 e. The quantitative estimate of drug-likeness (QED) is 0.198. The molecule has 1 rings (SSSR count). The minimum atomic E-state index is -1.31. The van der Waals surface area contributed by atoms with Gasteiger partial charge in [-0.05, 0) is 31.7 Å². The van der Waals surface area contributed by atoms with E-state index in [4.69, 9.17) is 14.6 Å². The molecule has 34 heavy (non-hydrogen) atoms. The van der Waals surface area contributed by atoms with Crippen LogP contribution in [-0.2, 0) is 35.1 Å². The second-order valence-corrected chi connectivity index (χ2v) is 7.79. The molecular weight excluding hydrogens is 440 g/mol. The molecule has 0 bridgehead atoms. The molecule has 0 saturated carbocycles. The molecule has 2 amide bonds. The second kappa shape index (κ2) is 15.4. The molecule has 0 radical (unpaired) electrons. The van der Waals surface area contributed by atoms with Crippen molar-refractivity contribution in [3.63, 3.8) is 0 Å². The van der Waals surface area contributed by atoms with E-state index in [1.54, 1.807) is 13.0 Å². The predicted octanol–water partition coefficient (Wildman–Crippen LogP) is 1.31. The Morgan fingerprint density at radius 3 is 2.18 bits per heavy atom. The molecule has 0 aliphatic carbocycles. The molecule has 0 aliphatic heterocycles. The minimum Gasteiger partial charge on any atom is -0.467 e. The number of hydrogen-bond acceptors (Lipinski definition) is 7. The maximum atomic E-state index is 12.8. The van der Waals surface area contributed by atoms with E-state index < -0.39 is 54.3 Å². The fourth-order valence-corrected chi connectivity index (χ4v) is 3.12. The van der Waals surface area contributed by atoms with Crippen molar-refractivity contribution < 1.29 is 33.8 Å². The van der Waals surface area contributed by atoms with Crippen molar-refractivity contribution in [1.82, 2.24) is 10.6 Å². The summed E-state index contributed by atoms with van der Waals surface area (Å²) in [5, 5.41) is 14.1. The van der Waals surface area contributed by atoms with Gasteiger partial charge in [0.1, 0.15) is 12.5 Å². The number of benzene rings is 1. The van der Waals surface area contributed by atoms with E-state index in [9.17, 15) is 19.2 Å². The third-order valence-corrected chi connectivity index (χ3v) is 5.00. The SMILES string of the molecule is C=CCC(C(=O)N[C@@H](C)CO)C(=O)N[C@H](COC(=O)[C@H](CC=C)Cc1ccccc1)C(=O)OC. The van der Waals surface area contributed by atoms with Crippen LogP contribution in [0.2, 0.25) is 0 Å². The highest BCUT2D eigenvalue weighted by molar-refractivity contribution is 6.01. The highest BCUT2D eigenvalue weighted by Gasteiger charge is 2.32. The average molecular weight is 475 g/mol. The molecule has 3 N–H and O–H groups in total. The molecule has 0 aliphatic rings. The van der Waals surface area contributed by atoms with Crippen molar-refractivity contribution in [3.05, 3.63) is 61.2 Å². The van der Waals surface area contributed by atoms with Gasteiger partial charge in [0.25, 0.3) is 0 Å². The van der Waals surface area contributed by atoms with Crippen LogP contribution in [0.4, 0.5) is 0 Å². The molecule has 0 saturated heterocycles. The van der Waals surface area contributed by atoms with Crippen LogP contribution in [-0.4, -0.2) is 61.3 Å². The number of aliphatic hydroxyl groups is 1. The molecule has 186 valence electrons. The van der Waals surface area contributed by atoms with Gasteiger partial charge in [-0.2, -0.15) is 0 Å². The summed E-state index contributed by atoms with van der Waals surface area (Å²) in [6.45, 7) is 8.04. The summed E-state index contributed by atoms with van der Waals surface area (Å²) >= 11 is 0. The fourth-order valence-electron chi connectivity index (χ4n) is 3.12. The van der Waals surface area contributed by atoms with E-state index in [0.29, 0.717) is 12.8 Å². The van der Waals surface area contributed by atoms with Gasteiger partial charge in [0.15, 0.2) is 6.04 Å². The van der Waals surface area contributed by atoms with E-state index in [2.05, 4.69) is 23.8 Å². The van der Waals surface area contributed by atoms with Crippen molar-refractivity contribution in [2.45, 2.75) is 38.3 Å². The van der Waals surface area contributed by atoms with Crippen LogP contribution < -0.4 is 10.6 Å². The smallest absolute Gasteiger partial charge is 0.331 e. The van der Waals surface area contributed by atoms with Gasteiger partial charge >= 0.3 is 11.9 Å². The molecule has 1 aromatic carbocycles. The first kappa shape index (κ1) is 28.6. The third-order valence-electron chi connectivity index (χ3n) is 5.00. The Kier molecular flexibility index (Phi) is 12.9. The molecule has 0 spiro atoms. The lowest BCUT2D eigenvalue weighted by Crippen LogP contribution is -2.51. The summed E-state index contributed by atoms with van der Waals surface area (Å²) < 4.78 is 10.1. The third kappa shape index (κ3) is 9.58. The zero-order chi connectivity index (χ0) is 25.5. The van der Waals surface area contributed by atoms with Crippen LogP contribution in [0.3, 0.4) is 0 Å². The molecule has 9 nitrogen and oxygen atoms in total. The molecule has 0 heterocycles. The summed E-state index contributed by atoms with van der Waals surface area (Å²) in [7, 11) is 1.14. The number of nitrogens with one attached hydrogen (secondary N) is 2. The maximum Gasteiger partial charge on any atom is 0.331 e. The number of methoxy groups -OCH3 is 1. The number of aliphatic hydroxyl groups excluding tert-OH is 1. The monoisotopic (exact) mass is 474 g/mol. The lowest BCUT2D eigenvalue weighted by molar-refractivity contribution is -0.155. The Labute approximate surface area is 200 Å². The highest BCUT2D eigenvalue weighted by Crippen LogP contribution is 2.15. The Bertz CT molecular complexity index is 841. The van der Waals surface area contributed by atoms with Gasteiger partial charge in [-0.25, -0.2) is 4.79 Å². The number of ether oxygens (including phenoxy) is 2. The molecule has 9 heteroatoms. The summed E-state index contributed by atoms with van der Waals surface area (Å²) in [5.41, 5.74) is 0.944. The lowest BCUT2D eigenvalue weighted by atomic mass is 9.96.